The molecule has 0 aliphatic heterocycles. The maximum Gasteiger partial charge on any atom is 0.349 e. The lowest BCUT2D eigenvalue weighted by Crippen LogP contribution is -2.33. The first-order valence-electron chi connectivity index (χ1n) is 8.80. The molecular formula is C18H12Cl2N5O6S-. The van der Waals surface area contributed by atoms with E-state index in [1.54, 1.807) is 6.07 Å². The lowest BCUT2D eigenvalue weighted by Gasteiger charge is -2.13. The molecule has 2 heterocycles. The predicted molar refractivity (Wildman–Crippen MR) is 112 cm³/mol. The van der Waals surface area contributed by atoms with Crippen LogP contribution in [-0.2, 0) is 11.1 Å². The topological polar surface area (TPSA) is 174 Å². The molecule has 0 bridgehead atoms. The summed E-state index contributed by atoms with van der Waals surface area (Å²) in [6.07, 6.45) is 5.36. The lowest BCUT2D eigenvalue weighted by molar-refractivity contribution is 0.432. The zero-order valence-corrected chi connectivity index (χ0v) is 18.2. The van der Waals surface area contributed by atoms with Crippen LogP contribution in [0, 0.1) is 11.3 Å². The molecule has 0 radical (unpaired) electrons. The Morgan fingerprint density at radius 3 is 2.38 bits per heavy atom. The molecule has 2 N–H and O–H groups in total. The first-order valence-corrected chi connectivity index (χ1v) is 10.6. The van der Waals surface area contributed by atoms with Gasteiger partial charge in [0.2, 0.25) is 11.6 Å². The minimum Gasteiger partial charge on any atom is -0.768 e. The van der Waals surface area contributed by atoms with E-state index >= 15 is 0 Å². The number of ether oxygens (including phenoxy) is 1. The van der Waals surface area contributed by atoms with Gasteiger partial charge in [0.15, 0.2) is 5.75 Å². The molecule has 1 atom stereocenters. The number of pyridine rings is 1. The maximum atomic E-state index is 12.0. The number of rotatable bonds is 4. The number of nitrogens with zero attached hydrogens (tertiary/aromatic N) is 4. The highest BCUT2D eigenvalue weighted by Crippen LogP contribution is 2.38. The molecule has 1 aromatic carbocycles. The van der Waals surface area contributed by atoms with Crippen molar-refractivity contribution in [1.82, 2.24) is 19.7 Å². The van der Waals surface area contributed by atoms with E-state index < -0.39 is 38.7 Å². The van der Waals surface area contributed by atoms with Gasteiger partial charge < -0.3 is 14.4 Å². The number of nitrogens with one attached hydrogen (secondary N) is 1. The third-order valence-corrected chi connectivity index (χ3v) is 4.97. The van der Waals surface area contributed by atoms with Crippen molar-refractivity contribution in [2.45, 2.75) is 24.2 Å². The van der Waals surface area contributed by atoms with Crippen molar-refractivity contribution in [3.05, 3.63) is 61.0 Å². The van der Waals surface area contributed by atoms with Crippen LogP contribution in [0.15, 0.2) is 38.9 Å². The zero-order valence-electron chi connectivity index (χ0n) is 15.9. The van der Waals surface area contributed by atoms with Crippen molar-refractivity contribution in [3.8, 4) is 29.1 Å². The van der Waals surface area contributed by atoms with Crippen LogP contribution in [0.5, 0.6) is 17.4 Å². The highest BCUT2D eigenvalue weighted by atomic mass is 35.5. The van der Waals surface area contributed by atoms with Crippen LogP contribution in [0.4, 0.5) is 0 Å². The van der Waals surface area contributed by atoms with E-state index in [9.17, 15) is 23.5 Å². The number of aromatic amines is 1. The molecular weight excluding hydrogens is 485 g/mol. The summed E-state index contributed by atoms with van der Waals surface area (Å²) in [6, 6.07) is 4.92. The van der Waals surface area contributed by atoms with Gasteiger partial charge in [-0.3, -0.25) is 14.0 Å². The molecule has 1 saturated carbocycles. The van der Waals surface area contributed by atoms with Crippen molar-refractivity contribution < 1.29 is 18.6 Å². The third-order valence-electron chi connectivity index (χ3n) is 3.72. The molecule has 1 aliphatic carbocycles. The predicted octanol–water partition coefficient (Wildman–Crippen LogP) is 2.40. The van der Waals surface area contributed by atoms with Crippen LogP contribution in [0.25, 0.3) is 5.69 Å². The molecule has 1 fully saturated rings. The summed E-state index contributed by atoms with van der Waals surface area (Å²) in [5.74, 6) is -0.935. The molecule has 0 saturated heterocycles. The number of hydrogen-bond donors (Lipinski definition) is 2. The van der Waals surface area contributed by atoms with E-state index in [0.29, 0.717) is 4.68 Å². The van der Waals surface area contributed by atoms with Gasteiger partial charge in [-0.25, -0.2) is 9.78 Å². The minimum atomic E-state index is -2.74. The van der Waals surface area contributed by atoms with Crippen LogP contribution in [0.1, 0.15) is 25.0 Å². The molecule has 3 aromatic rings. The summed E-state index contributed by atoms with van der Waals surface area (Å²) in [5, 5.41) is 21.8. The number of nitriles is 1. The number of hydrogen-bond acceptors (Lipinski definition) is 9. The van der Waals surface area contributed by atoms with E-state index in [2.05, 4.69) is 10.1 Å². The maximum absolute atomic E-state index is 12.0. The second-order valence-electron chi connectivity index (χ2n) is 6.26. The summed E-state index contributed by atoms with van der Waals surface area (Å²) >= 11 is 9.53. The van der Waals surface area contributed by atoms with Gasteiger partial charge in [-0.05, 0) is 23.2 Å². The zero-order chi connectivity index (χ0) is 23.4. The van der Waals surface area contributed by atoms with Gasteiger partial charge in [-0.1, -0.05) is 42.5 Å². The van der Waals surface area contributed by atoms with Crippen molar-refractivity contribution in [3.63, 3.8) is 0 Å². The quantitative estimate of drug-likeness (QED) is 0.513. The normalized spacial score (nSPS) is 12.8. The molecule has 1 aliphatic rings. The number of aromatic nitrogens is 4. The van der Waals surface area contributed by atoms with Crippen LogP contribution in [0.2, 0.25) is 10.0 Å². The van der Waals surface area contributed by atoms with Gasteiger partial charge in [0, 0.05) is 6.07 Å². The Kier molecular flexibility index (Phi) is 7.26. The van der Waals surface area contributed by atoms with E-state index in [1.807, 2.05) is 4.98 Å². The number of benzene rings is 1. The molecule has 166 valence electrons. The van der Waals surface area contributed by atoms with E-state index in [0.717, 1.165) is 12.3 Å². The van der Waals surface area contributed by atoms with E-state index in [1.165, 1.54) is 31.4 Å². The first kappa shape index (κ1) is 23.4. The van der Waals surface area contributed by atoms with Crippen molar-refractivity contribution in [2.24, 2.45) is 0 Å². The van der Waals surface area contributed by atoms with Crippen molar-refractivity contribution in [1.29, 1.82) is 5.26 Å². The molecule has 14 heteroatoms. The summed E-state index contributed by atoms with van der Waals surface area (Å²) in [5.41, 5.74) is -2.41. The van der Waals surface area contributed by atoms with Gasteiger partial charge >= 0.3 is 5.69 Å². The average Bonchev–Trinajstić information content (AvgIpc) is 3.61. The van der Waals surface area contributed by atoms with Crippen LogP contribution < -0.4 is 16.0 Å². The van der Waals surface area contributed by atoms with Crippen LogP contribution >= 0.6 is 23.2 Å². The van der Waals surface area contributed by atoms with Crippen molar-refractivity contribution >= 4 is 34.3 Å². The fourth-order valence-corrected chi connectivity index (χ4v) is 3.09. The molecule has 11 nitrogen and oxygen atoms in total. The summed E-state index contributed by atoms with van der Waals surface area (Å²) < 4.78 is 28.3. The number of aromatic hydroxyl groups is 1. The molecule has 0 amide bonds. The Morgan fingerprint density at radius 2 is 1.84 bits per heavy atom. The van der Waals surface area contributed by atoms with E-state index in [-0.39, 0.29) is 27.4 Å². The second kappa shape index (κ2) is 9.92. The van der Waals surface area contributed by atoms with E-state index in [4.69, 9.17) is 33.2 Å². The smallest absolute Gasteiger partial charge is 0.349 e. The van der Waals surface area contributed by atoms with Gasteiger partial charge in [0.25, 0.3) is 5.56 Å². The third kappa shape index (κ3) is 5.51. The average molecular weight is 497 g/mol. The standard InChI is InChI=1S/C15H7Cl2N5O6S.C3H6/c16-7-1-6(22-15(25)20-14(24)9(4-18)21-22)2-8(17)13(7)28-12-3-11(29(26)27)10(23)5-19-12;1-2-3-1/h1-3,5,23H,(H,26,27)(H,20,24,25);1-3H2/p-1. The van der Waals surface area contributed by atoms with Gasteiger partial charge in [-0.15, -0.1) is 5.10 Å². The molecule has 32 heavy (non-hydrogen) atoms. The van der Waals surface area contributed by atoms with Crippen LogP contribution in [-0.4, -0.2) is 33.6 Å². The van der Waals surface area contributed by atoms with Gasteiger partial charge in [-0.2, -0.15) is 9.94 Å². The van der Waals surface area contributed by atoms with Crippen molar-refractivity contribution in [2.75, 3.05) is 0 Å². The fraction of sp³-hybridized carbons (Fsp3) is 0.167. The first-order chi connectivity index (χ1) is 15.2. The fourth-order valence-electron chi connectivity index (χ4n) is 2.12. The highest BCUT2D eigenvalue weighted by Gasteiger charge is 2.16. The Labute approximate surface area is 192 Å². The monoisotopic (exact) mass is 496 g/mol. The summed E-state index contributed by atoms with van der Waals surface area (Å²) in [7, 11) is 0. The van der Waals surface area contributed by atoms with Crippen LogP contribution in [0.3, 0.4) is 0 Å². The Bertz CT molecular complexity index is 1340. The molecule has 1 unspecified atom stereocenters. The van der Waals surface area contributed by atoms with Gasteiger partial charge in [0.1, 0.15) is 11.8 Å². The Balaban J connectivity index is 0.000000887. The SMILES string of the molecule is C1CC1.N#Cc1nn(-c2cc(Cl)c(Oc3cc(S(=O)[O-])c(O)cn3)c(Cl)c2)c(=O)[nH]c1=O. The number of halogens is 2. The lowest BCUT2D eigenvalue weighted by atomic mass is 10.3. The summed E-state index contributed by atoms with van der Waals surface area (Å²) in [4.78, 5) is 28.6. The van der Waals surface area contributed by atoms with Gasteiger partial charge in [0.05, 0.1) is 26.8 Å². The second-order valence-corrected chi connectivity index (χ2v) is 7.98. The molecule has 2 aromatic heterocycles. The molecule has 0 spiro atoms. The molecule has 4 rings (SSSR count). The number of H-pyrrole nitrogens is 1. The minimum absolute atomic E-state index is 0.0186. The largest absolute Gasteiger partial charge is 0.768 e. The summed E-state index contributed by atoms with van der Waals surface area (Å²) in [6.45, 7) is 0. The highest BCUT2D eigenvalue weighted by molar-refractivity contribution is 7.79. The Hall–Kier alpha value is -3.24. The Morgan fingerprint density at radius 1 is 1.22 bits per heavy atom.